The average Bonchev–Trinajstić information content (AvgIpc) is 2.27. The predicted octanol–water partition coefficient (Wildman–Crippen LogP) is 4.68. The molecule has 0 radical (unpaired) electrons. The van der Waals surface area contributed by atoms with E-state index in [0.29, 0.717) is 6.42 Å². The van der Waals surface area contributed by atoms with E-state index in [0.717, 1.165) is 5.57 Å². The second-order valence-electron chi connectivity index (χ2n) is 3.63. The first-order chi connectivity index (χ1) is 7.03. The molecule has 1 heteroatoms. The lowest BCUT2D eigenvalue weighted by molar-refractivity contribution is -0.115. The van der Waals surface area contributed by atoms with Gasteiger partial charge in [0.2, 0.25) is 0 Å². The zero-order valence-corrected chi connectivity index (χ0v) is 11.2. The van der Waals surface area contributed by atoms with E-state index in [9.17, 15) is 4.79 Å². The van der Waals surface area contributed by atoms with Crippen molar-refractivity contribution in [1.82, 2.24) is 0 Å². The highest BCUT2D eigenvalue weighted by molar-refractivity contribution is 5.94. The molecule has 0 amide bonds. The van der Waals surface area contributed by atoms with Gasteiger partial charge in [-0.3, -0.25) is 4.79 Å². The van der Waals surface area contributed by atoms with Gasteiger partial charge in [-0.1, -0.05) is 38.0 Å². The lowest BCUT2D eigenvalue weighted by Crippen LogP contribution is -1.94. The first-order valence-electron chi connectivity index (χ1n) is 5.81. The zero-order chi connectivity index (χ0) is 12.3. The van der Waals surface area contributed by atoms with Crippen molar-refractivity contribution in [3.63, 3.8) is 0 Å². The molecule has 0 atom stereocenters. The minimum absolute atomic E-state index is 0.243. The Morgan fingerprint density at radius 2 is 1.60 bits per heavy atom. The highest BCUT2D eigenvalue weighted by Gasteiger charge is 1.96. The minimum atomic E-state index is 0.243. The first kappa shape index (κ1) is 16.6. The lowest BCUT2D eigenvalue weighted by atomic mass is 10.1. The van der Waals surface area contributed by atoms with Gasteiger partial charge in [0.1, 0.15) is 0 Å². The van der Waals surface area contributed by atoms with Crippen molar-refractivity contribution in [2.45, 2.75) is 60.8 Å². The number of allylic oxidation sites excluding steroid dienone is 4. The highest BCUT2D eigenvalue weighted by atomic mass is 16.1. The Balaban J connectivity index is 0. The summed E-state index contributed by atoms with van der Waals surface area (Å²) in [6.45, 7) is 12.0. The fraction of sp³-hybridized carbons (Fsp3) is 0.643. The van der Waals surface area contributed by atoms with Crippen molar-refractivity contribution in [1.29, 1.82) is 0 Å². The van der Waals surface area contributed by atoms with Crippen LogP contribution in [0.5, 0.6) is 0 Å². The maximum Gasteiger partial charge on any atom is 0.157 e. The monoisotopic (exact) mass is 210 g/mol. The van der Waals surface area contributed by atoms with Crippen molar-refractivity contribution < 1.29 is 4.79 Å². The molecular weight excluding hydrogens is 184 g/mol. The fourth-order valence-corrected chi connectivity index (χ4v) is 0.979. The first-order valence-corrected chi connectivity index (χ1v) is 5.81. The summed E-state index contributed by atoms with van der Waals surface area (Å²) in [6, 6.07) is 0. The number of ketones is 1. The number of rotatable bonds is 4. The van der Waals surface area contributed by atoms with Gasteiger partial charge >= 0.3 is 0 Å². The molecule has 0 aliphatic heterocycles. The second kappa shape index (κ2) is 11.2. The van der Waals surface area contributed by atoms with Crippen LogP contribution in [0.1, 0.15) is 60.8 Å². The van der Waals surface area contributed by atoms with E-state index in [1.54, 1.807) is 0 Å². The van der Waals surface area contributed by atoms with Gasteiger partial charge in [0.15, 0.2) is 5.78 Å². The van der Waals surface area contributed by atoms with Crippen LogP contribution in [0.4, 0.5) is 0 Å². The van der Waals surface area contributed by atoms with Crippen molar-refractivity contribution in [3.05, 3.63) is 23.3 Å². The van der Waals surface area contributed by atoms with Gasteiger partial charge < -0.3 is 0 Å². The summed E-state index contributed by atoms with van der Waals surface area (Å²) >= 11 is 0. The van der Waals surface area contributed by atoms with Crippen LogP contribution >= 0.6 is 0 Å². The molecule has 0 rings (SSSR count). The van der Waals surface area contributed by atoms with Crippen LogP contribution in [0.25, 0.3) is 0 Å². The summed E-state index contributed by atoms with van der Waals surface area (Å²) in [5.74, 6) is 0.243. The molecule has 0 saturated heterocycles. The quantitative estimate of drug-likeness (QED) is 0.486. The van der Waals surface area contributed by atoms with Crippen LogP contribution in [-0.2, 0) is 4.79 Å². The molecule has 0 fully saturated rings. The predicted molar refractivity (Wildman–Crippen MR) is 69.1 cm³/mol. The van der Waals surface area contributed by atoms with E-state index in [1.807, 2.05) is 26.8 Å². The van der Waals surface area contributed by atoms with E-state index in [2.05, 4.69) is 26.8 Å². The Morgan fingerprint density at radius 3 is 1.73 bits per heavy atom. The molecule has 0 aromatic heterocycles. The Morgan fingerprint density at radius 1 is 1.07 bits per heavy atom. The Kier molecular flexibility index (Phi) is 12.4. The van der Waals surface area contributed by atoms with Gasteiger partial charge in [0.25, 0.3) is 0 Å². The molecule has 0 aliphatic rings. The summed E-state index contributed by atoms with van der Waals surface area (Å²) in [4.78, 5) is 10.7. The molecular formula is C14H26O. The van der Waals surface area contributed by atoms with Crippen LogP contribution in [0.2, 0.25) is 0 Å². The van der Waals surface area contributed by atoms with Gasteiger partial charge in [-0.2, -0.15) is 0 Å². The topological polar surface area (TPSA) is 17.1 Å². The SMILES string of the molecule is CC=C(C)C(=O)CC.CC=C(C)CCC. The molecule has 15 heavy (non-hydrogen) atoms. The normalized spacial score (nSPS) is 11.9. The van der Waals surface area contributed by atoms with Gasteiger partial charge in [0, 0.05) is 6.42 Å². The van der Waals surface area contributed by atoms with Crippen LogP contribution in [0, 0.1) is 0 Å². The largest absolute Gasteiger partial charge is 0.295 e. The maximum atomic E-state index is 10.7. The Labute approximate surface area is 95.3 Å². The van der Waals surface area contributed by atoms with Gasteiger partial charge in [0.05, 0.1) is 0 Å². The van der Waals surface area contributed by atoms with Gasteiger partial charge in [-0.25, -0.2) is 0 Å². The summed E-state index contributed by atoms with van der Waals surface area (Å²) in [7, 11) is 0. The second-order valence-corrected chi connectivity index (χ2v) is 3.63. The van der Waals surface area contributed by atoms with Crippen molar-refractivity contribution in [2.24, 2.45) is 0 Å². The third kappa shape index (κ3) is 11.1. The summed E-state index contributed by atoms with van der Waals surface area (Å²) in [6.07, 6.45) is 7.16. The number of Topliss-reactive ketones (excluding diaryl/α,β-unsaturated/α-hetero) is 1. The lowest BCUT2D eigenvalue weighted by Gasteiger charge is -1.91. The molecule has 0 bridgehead atoms. The third-order valence-electron chi connectivity index (χ3n) is 2.33. The fourth-order valence-electron chi connectivity index (χ4n) is 0.979. The van der Waals surface area contributed by atoms with Crippen molar-refractivity contribution >= 4 is 5.78 Å². The van der Waals surface area contributed by atoms with E-state index < -0.39 is 0 Å². The maximum absolute atomic E-state index is 10.7. The highest BCUT2D eigenvalue weighted by Crippen LogP contribution is 2.00. The number of hydrogen-bond donors (Lipinski definition) is 0. The van der Waals surface area contributed by atoms with Crippen molar-refractivity contribution in [2.75, 3.05) is 0 Å². The minimum Gasteiger partial charge on any atom is -0.295 e. The number of carbonyl (C=O) groups is 1. The van der Waals surface area contributed by atoms with E-state index in [1.165, 1.54) is 18.4 Å². The number of carbonyl (C=O) groups excluding carboxylic acids is 1. The van der Waals surface area contributed by atoms with Gasteiger partial charge in [-0.05, 0) is 39.7 Å². The molecule has 0 heterocycles. The van der Waals surface area contributed by atoms with Crippen LogP contribution in [-0.4, -0.2) is 5.78 Å². The molecule has 0 spiro atoms. The van der Waals surface area contributed by atoms with Crippen molar-refractivity contribution in [3.8, 4) is 0 Å². The molecule has 0 aliphatic carbocycles. The van der Waals surface area contributed by atoms with Crippen LogP contribution < -0.4 is 0 Å². The Hall–Kier alpha value is -0.850. The summed E-state index contributed by atoms with van der Waals surface area (Å²) < 4.78 is 0. The Bertz CT molecular complexity index is 221. The summed E-state index contributed by atoms with van der Waals surface area (Å²) in [5, 5.41) is 0. The average molecular weight is 210 g/mol. The molecule has 0 unspecified atom stereocenters. The van der Waals surface area contributed by atoms with Gasteiger partial charge in [-0.15, -0.1) is 0 Å². The van der Waals surface area contributed by atoms with E-state index in [-0.39, 0.29) is 5.78 Å². The zero-order valence-electron chi connectivity index (χ0n) is 11.2. The van der Waals surface area contributed by atoms with E-state index >= 15 is 0 Å². The summed E-state index contributed by atoms with van der Waals surface area (Å²) in [5.41, 5.74) is 2.37. The molecule has 0 aromatic rings. The molecule has 0 aromatic carbocycles. The van der Waals surface area contributed by atoms with Crippen LogP contribution in [0.15, 0.2) is 23.3 Å². The molecule has 1 nitrogen and oxygen atoms in total. The van der Waals surface area contributed by atoms with E-state index in [4.69, 9.17) is 0 Å². The van der Waals surface area contributed by atoms with Crippen LogP contribution in [0.3, 0.4) is 0 Å². The third-order valence-corrected chi connectivity index (χ3v) is 2.33. The standard InChI is InChI=1S/C7H12O.C7H14/c1-4-6(3)7(8)5-2;1-4-6-7(3)5-2/h4H,5H2,1-3H3;5H,4,6H2,1-3H3. The molecule has 0 saturated carbocycles. The molecule has 0 N–H and O–H groups in total. The smallest absolute Gasteiger partial charge is 0.157 e. The number of hydrogen-bond acceptors (Lipinski definition) is 1. The molecule has 88 valence electrons.